The van der Waals surface area contributed by atoms with Crippen LogP contribution in [0.15, 0.2) is 48.3 Å². The molecular weight excluding hydrogens is 340 g/mol. The largest absolute Gasteiger partial charge is 0.501 e. The SMILES string of the molecule is C=C/C(=C(C)/C=C(\C)OC)c1ccc([C@H](C)O)c(-n2nc(C#N)cc2C)n1. The number of ether oxygens (including phenoxy) is 1. The van der Waals surface area contributed by atoms with Gasteiger partial charge in [0, 0.05) is 16.8 Å². The van der Waals surface area contributed by atoms with Crippen molar-refractivity contribution in [1.29, 1.82) is 5.26 Å². The molecular formula is C21H24N4O2. The molecule has 0 aromatic carbocycles. The fourth-order valence-corrected chi connectivity index (χ4v) is 2.76. The number of aliphatic hydroxyl groups is 1. The van der Waals surface area contributed by atoms with E-state index in [2.05, 4.69) is 11.7 Å². The topological polar surface area (TPSA) is 84.0 Å². The Labute approximate surface area is 159 Å². The lowest BCUT2D eigenvalue weighted by Gasteiger charge is -2.15. The maximum absolute atomic E-state index is 10.2. The summed E-state index contributed by atoms with van der Waals surface area (Å²) >= 11 is 0. The van der Waals surface area contributed by atoms with Crippen LogP contribution < -0.4 is 0 Å². The number of aryl methyl sites for hydroxylation is 1. The van der Waals surface area contributed by atoms with E-state index in [0.29, 0.717) is 22.8 Å². The third kappa shape index (κ3) is 4.33. The van der Waals surface area contributed by atoms with Crippen molar-refractivity contribution < 1.29 is 9.84 Å². The van der Waals surface area contributed by atoms with Gasteiger partial charge in [-0.15, -0.1) is 0 Å². The van der Waals surface area contributed by atoms with Crippen LogP contribution in [-0.4, -0.2) is 27.0 Å². The summed E-state index contributed by atoms with van der Waals surface area (Å²) in [6.45, 7) is 11.2. The van der Waals surface area contributed by atoms with Gasteiger partial charge in [-0.25, -0.2) is 9.67 Å². The number of aromatic nitrogens is 3. The van der Waals surface area contributed by atoms with Crippen LogP contribution in [-0.2, 0) is 4.74 Å². The highest BCUT2D eigenvalue weighted by atomic mass is 16.5. The van der Waals surface area contributed by atoms with E-state index in [1.807, 2.05) is 45.0 Å². The summed E-state index contributed by atoms with van der Waals surface area (Å²) in [5.74, 6) is 1.26. The highest BCUT2D eigenvalue weighted by molar-refractivity contribution is 5.76. The van der Waals surface area contributed by atoms with Crippen molar-refractivity contribution in [2.24, 2.45) is 0 Å². The Bertz CT molecular complexity index is 959. The number of allylic oxidation sites excluding steroid dienone is 5. The van der Waals surface area contributed by atoms with Gasteiger partial charge in [-0.05, 0) is 51.5 Å². The van der Waals surface area contributed by atoms with Gasteiger partial charge in [-0.1, -0.05) is 18.7 Å². The Morgan fingerprint density at radius 1 is 1.41 bits per heavy atom. The summed E-state index contributed by atoms with van der Waals surface area (Å²) < 4.78 is 6.80. The van der Waals surface area contributed by atoms with Crippen molar-refractivity contribution >= 4 is 5.57 Å². The normalized spacial score (nSPS) is 13.6. The minimum absolute atomic E-state index is 0.297. The number of pyridine rings is 1. The number of nitrogens with zero attached hydrogens (tertiary/aromatic N) is 4. The molecule has 0 aliphatic heterocycles. The Balaban J connectivity index is 2.71. The standard InChI is InChI=1S/C21H24N4O2/c1-7-18(13(2)10-15(4)27-6)20-9-8-19(16(5)26)21(23-20)25-14(3)11-17(12-22)24-25/h7-11,16,26H,1H2,2-6H3/b15-10+,18-13-/t16-/m0/s1. The van der Waals surface area contributed by atoms with Gasteiger partial charge in [0.2, 0.25) is 0 Å². The highest BCUT2D eigenvalue weighted by Gasteiger charge is 2.17. The fourth-order valence-electron chi connectivity index (χ4n) is 2.76. The molecule has 140 valence electrons. The van der Waals surface area contributed by atoms with Crippen LogP contribution in [0, 0.1) is 18.3 Å². The van der Waals surface area contributed by atoms with E-state index >= 15 is 0 Å². The molecule has 0 bridgehead atoms. The van der Waals surface area contributed by atoms with E-state index in [9.17, 15) is 5.11 Å². The molecule has 0 aliphatic carbocycles. The summed E-state index contributed by atoms with van der Waals surface area (Å²) in [6, 6.07) is 7.37. The number of nitriles is 1. The summed E-state index contributed by atoms with van der Waals surface area (Å²) in [7, 11) is 1.62. The summed E-state index contributed by atoms with van der Waals surface area (Å²) in [5, 5.41) is 23.6. The number of rotatable bonds is 6. The van der Waals surface area contributed by atoms with E-state index in [0.717, 1.165) is 22.6 Å². The van der Waals surface area contributed by atoms with Gasteiger partial charge in [-0.2, -0.15) is 10.4 Å². The zero-order valence-electron chi connectivity index (χ0n) is 16.3. The lowest BCUT2D eigenvalue weighted by molar-refractivity contribution is 0.198. The van der Waals surface area contributed by atoms with Gasteiger partial charge >= 0.3 is 0 Å². The van der Waals surface area contributed by atoms with Crippen LogP contribution in [0.3, 0.4) is 0 Å². The van der Waals surface area contributed by atoms with E-state index in [-0.39, 0.29) is 0 Å². The molecule has 0 saturated carbocycles. The second-order valence-electron chi connectivity index (χ2n) is 6.24. The monoisotopic (exact) mass is 364 g/mol. The summed E-state index contributed by atoms with van der Waals surface area (Å²) in [4.78, 5) is 4.73. The molecule has 0 fully saturated rings. The first kappa shape index (κ1) is 20.1. The van der Waals surface area contributed by atoms with Crippen LogP contribution in [0.1, 0.15) is 49.5 Å². The molecule has 27 heavy (non-hydrogen) atoms. The van der Waals surface area contributed by atoms with Crippen LogP contribution in [0.5, 0.6) is 0 Å². The minimum Gasteiger partial charge on any atom is -0.501 e. The molecule has 6 heteroatoms. The lowest BCUT2D eigenvalue weighted by Crippen LogP contribution is -2.10. The second-order valence-corrected chi connectivity index (χ2v) is 6.24. The first-order valence-corrected chi connectivity index (χ1v) is 8.54. The molecule has 2 heterocycles. The quantitative estimate of drug-likeness (QED) is 0.618. The van der Waals surface area contributed by atoms with Crippen LogP contribution in [0.2, 0.25) is 0 Å². The van der Waals surface area contributed by atoms with Gasteiger partial charge in [0.25, 0.3) is 0 Å². The summed E-state index contributed by atoms with van der Waals surface area (Å²) in [5.41, 5.74) is 4.16. The molecule has 6 nitrogen and oxygen atoms in total. The lowest BCUT2D eigenvalue weighted by atomic mass is 10.0. The van der Waals surface area contributed by atoms with E-state index < -0.39 is 6.10 Å². The molecule has 0 spiro atoms. The predicted molar refractivity (Wildman–Crippen MR) is 105 cm³/mol. The van der Waals surface area contributed by atoms with E-state index in [1.165, 1.54) is 0 Å². The predicted octanol–water partition coefficient (Wildman–Crippen LogP) is 4.01. The van der Waals surface area contributed by atoms with Gasteiger partial charge < -0.3 is 9.84 Å². The third-order valence-corrected chi connectivity index (χ3v) is 4.20. The molecule has 0 aliphatic rings. The van der Waals surface area contributed by atoms with Crippen LogP contribution >= 0.6 is 0 Å². The van der Waals surface area contributed by atoms with Crippen molar-refractivity contribution in [2.75, 3.05) is 7.11 Å². The maximum atomic E-state index is 10.2. The number of hydrogen-bond acceptors (Lipinski definition) is 5. The Morgan fingerprint density at radius 3 is 2.63 bits per heavy atom. The highest BCUT2D eigenvalue weighted by Crippen LogP contribution is 2.26. The molecule has 2 aromatic heterocycles. The summed E-state index contributed by atoms with van der Waals surface area (Å²) in [6.07, 6.45) is 2.91. The Morgan fingerprint density at radius 2 is 2.11 bits per heavy atom. The zero-order valence-corrected chi connectivity index (χ0v) is 16.3. The molecule has 0 radical (unpaired) electrons. The Kier molecular flexibility index (Phi) is 6.32. The van der Waals surface area contributed by atoms with Gasteiger partial charge in [0.1, 0.15) is 6.07 Å². The maximum Gasteiger partial charge on any atom is 0.163 e. The molecule has 2 rings (SSSR count). The minimum atomic E-state index is -0.733. The number of hydrogen-bond donors (Lipinski definition) is 1. The molecule has 1 atom stereocenters. The zero-order chi connectivity index (χ0) is 20.1. The second kappa shape index (κ2) is 8.47. The van der Waals surface area contributed by atoms with Gasteiger partial charge in [0.15, 0.2) is 11.5 Å². The van der Waals surface area contributed by atoms with Crippen molar-refractivity contribution in [3.05, 3.63) is 70.9 Å². The number of methoxy groups -OCH3 is 1. The van der Waals surface area contributed by atoms with E-state index in [1.54, 1.807) is 30.9 Å². The molecule has 0 amide bonds. The average Bonchev–Trinajstić information content (AvgIpc) is 3.02. The van der Waals surface area contributed by atoms with E-state index in [4.69, 9.17) is 15.0 Å². The van der Waals surface area contributed by atoms with Crippen molar-refractivity contribution in [3.63, 3.8) is 0 Å². The average molecular weight is 364 g/mol. The first-order valence-electron chi connectivity index (χ1n) is 8.54. The van der Waals surface area contributed by atoms with Crippen LogP contribution in [0.4, 0.5) is 0 Å². The Hall–Kier alpha value is -3.17. The molecule has 1 N–H and O–H groups in total. The molecule has 2 aromatic rings. The van der Waals surface area contributed by atoms with Crippen molar-refractivity contribution in [2.45, 2.75) is 33.8 Å². The fraction of sp³-hybridized carbons (Fsp3) is 0.286. The molecule has 0 saturated heterocycles. The van der Waals surface area contributed by atoms with Gasteiger partial charge in [0.05, 0.1) is 24.7 Å². The number of aliphatic hydroxyl groups excluding tert-OH is 1. The van der Waals surface area contributed by atoms with Crippen molar-refractivity contribution in [1.82, 2.24) is 14.8 Å². The third-order valence-electron chi connectivity index (χ3n) is 4.20. The smallest absolute Gasteiger partial charge is 0.163 e. The first-order chi connectivity index (χ1) is 12.8. The van der Waals surface area contributed by atoms with Gasteiger partial charge in [-0.3, -0.25) is 0 Å². The molecule has 0 unspecified atom stereocenters. The van der Waals surface area contributed by atoms with Crippen molar-refractivity contribution in [3.8, 4) is 11.9 Å². The van der Waals surface area contributed by atoms with Crippen LogP contribution in [0.25, 0.3) is 11.4 Å².